The summed E-state index contributed by atoms with van der Waals surface area (Å²) in [6.45, 7) is 3.99. The van der Waals surface area contributed by atoms with Crippen LogP contribution in [-0.2, 0) is 14.3 Å². The maximum atomic E-state index is 11.7. The Hall–Kier alpha value is -1.33. The molecule has 0 aromatic carbocycles. The summed E-state index contributed by atoms with van der Waals surface area (Å²) in [7, 11) is 0. The summed E-state index contributed by atoms with van der Waals surface area (Å²) in [5, 5.41) is 0. The van der Waals surface area contributed by atoms with E-state index in [0.29, 0.717) is 0 Å². The summed E-state index contributed by atoms with van der Waals surface area (Å²) in [5.41, 5.74) is -1.20. The van der Waals surface area contributed by atoms with Gasteiger partial charge < -0.3 is 4.74 Å². The lowest BCUT2D eigenvalue weighted by Crippen LogP contribution is -2.28. The van der Waals surface area contributed by atoms with Gasteiger partial charge in [-0.3, -0.25) is 4.79 Å². The zero-order chi connectivity index (χ0) is 10.6. The van der Waals surface area contributed by atoms with Crippen LogP contribution in [-0.4, -0.2) is 24.5 Å². The van der Waals surface area contributed by atoms with Gasteiger partial charge in [0.25, 0.3) is 5.78 Å². The van der Waals surface area contributed by atoms with E-state index in [1.165, 1.54) is 6.92 Å². The molecule has 0 rings (SSSR count). The van der Waals surface area contributed by atoms with E-state index in [1.807, 2.05) is 0 Å². The first-order valence-electron chi connectivity index (χ1n) is 3.28. The number of rotatable bonds is 3. The Morgan fingerprint density at radius 2 is 1.85 bits per heavy atom. The Morgan fingerprint density at radius 3 is 2.15 bits per heavy atom. The van der Waals surface area contributed by atoms with E-state index >= 15 is 0 Å². The van der Waals surface area contributed by atoms with E-state index in [-0.39, 0.29) is 6.61 Å². The van der Waals surface area contributed by atoms with Crippen LogP contribution in [0.3, 0.4) is 0 Å². The molecule has 0 spiro atoms. The molecule has 0 N–H and O–H groups in total. The van der Waals surface area contributed by atoms with Crippen LogP contribution in [0.4, 0.5) is 13.2 Å². The number of carbonyl (C=O) groups excluding carboxylic acids is 2. The molecule has 0 unspecified atom stereocenters. The van der Waals surface area contributed by atoms with Crippen molar-refractivity contribution < 1.29 is 27.5 Å². The first kappa shape index (κ1) is 11.7. The zero-order valence-electron chi connectivity index (χ0n) is 6.77. The van der Waals surface area contributed by atoms with Crippen LogP contribution in [0, 0.1) is 0 Å². The molecule has 0 aliphatic rings. The highest BCUT2D eigenvalue weighted by Gasteiger charge is 2.42. The molecule has 0 aromatic heterocycles. The number of carbonyl (C=O) groups is 2. The number of ether oxygens (including phenoxy) is 1. The molecule has 74 valence electrons. The highest BCUT2D eigenvalue weighted by molar-refractivity contribution is 6.18. The second-order valence-corrected chi connectivity index (χ2v) is 2.03. The van der Waals surface area contributed by atoms with E-state index in [9.17, 15) is 22.8 Å². The summed E-state index contributed by atoms with van der Waals surface area (Å²) >= 11 is 0. The van der Waals surface area contributed by atoms with Gasteiger partial charge in [0.1, 0.15) is 5.57 Å². The largest absolute Gasteiger partial charge is 0.462 e. The van der Waals surface area contributed by atoms with E-state index < -0.39 is 23.5 Å². The van der Waals surface area contributed by atoms with Crippen LogP contribution in [0.5, 0.6) is 0 Å². The fourth-order valence-corrected chi connectivity index (χ4v) is 0.482. The summed E-state index contributed by atoms with van der Waals surface area (Å²) < 4.78 is 39.2. The number of halogens is 3. The second kappa shape index (κ2) is 4.06. The first-order chi connectivity index (χ1) is 5.80. The van der Waals surface area contributed by atoms with Gasteiger partial charge in [0, 0.05) is 0 Å². The van der Waals surface area contributed by atoms with Gasteiger partial charge in [-0.2, -0.15) is 13.2 Å². The Balaban J connectivity index is 4.45. The number of hydrogen-bond acceptors (Lipinski definition) is 3. The monoisotopic (exact) mass is 196 g/mol. The van der Waals surface area contributed by atoms with E-state index in [0.717, 1.165) is 0 Å². The quantitative estimate of drug-likeness (QED) is 0.295. The average molecular weight is 196 g/mol. The smallest absolute Gasteiger partial charge is 0.455 e. The minimum atomic E-state index is -5.08. The van der Waals surface area contributed by atoms with Crippen LogP contribution >= 0.6 is 0 Å². The van der Waals surface area contributed by atoms with Crippen molar-refractivity contribution in [3.63, 3.8) is 0 Å². The molecular formula is C7H7F3O3. The third-order valence-electron chi connectivity index (χ3n) is 1.05. The fraction of sp³-hybridized carbons (Fsp3) is 0.429. The number of esters is 1. The molecule has 0 atom stereocenters. The Labute approximate surface area is 72.2 Å². The maximum Gasteiger partial charge on any atom is 0.455 e. The van der Waals surface area contributed by atoms with Crippen molar-refractivity contribution in [3.8, 4) is 0 Å². The topological polar surface area (TPSA) is 43.4 Å². The molecule has 0 fully saturated rings. The number of alkyl halides is 3. The van der Waals surface area contributed by atoms with Crippen LogP contribution < -0.4 is 0 Å². The van der Waals surface area contributed by atoms with Crippen molar-refractivity contribution in [2.24, 2.45) is 0 Å². The average Bonchev–Trinajstić information content (AvgIpc) is 2.00. The van der Waals surface area contributed by atoms with Gasteiger partial charge in [0.2, 0.25) is 0 Å². The molecule has 3 nitrogen and oxygen atoms in total. The summed E-state index contributed by atoms with van der Waals surface area (Å²) in [5.74, 6) is -3.62. The molecule has 0 aromatic rings. The highest BCUT2D eigenvalue weighted by Crippen LogP contribution is 2.20. The fourth-order valence-electron chi connectivity index (χ4n) is 0.482. The molecular weight excluding hydrogens is 189 g/mol. The predicted molar refractivity (Wildman–Crippen MR) is 36.8 cm³/mol. The Kier molecular flexibility index (Phi) is 3.65. The molecule has 0 aliphatic carbocycles. The molecule has 0 bridgehead atoms. The van der Waals surface area contributed by atoms with Gasteiger partial charge in [-0.05, 0) is 6.92 Å². The lowest BCUT2D eigenvalue weighted by Gasteiger charge is -2.06. The minimum Gasteiger partial charge on any atom is -0.462 e. The highest BCUT2D eigenvalue weighted by atomic mass is 19.4. The first-order valence-corrected chi connectivity index (χ1v) is 3.28. The van der Waals surface area contributed by atoms with Crippen molar-refractivity contribution in [3.05, 3.63) is 12.2 Å². The zero-order valence-corrected chi connectivity index (χ0v) is 6.77. The van der Waals surface area contributed by atoms with Gasteiger partial charge in [0.15, 0.2) is 0 Å². The number of hydrogen-bond donors (Lipinski definition) is 0. The third kappa shape index (κ3) is 3.27. The molecule has 6 heteroatoms. The normalized spacial score (nSPS) is 10.8. The summed E-state index contributed by atoms with van der Waals surface area (Å²) in [6.07, 6.45) is -5.08. The lowest BCUT2D eigenvalue weighted by atomic mass is 10.2. The van der Waals surface area contributed by atoms with Crippen LogP contribution in [0.1, 0.15) is 6.92 Å². The van der Waals surface area contributed by atoms with Gasteiger partial charge in [-0.25, -0.2) is 4.79 Å². The van der Waals surface area contributed by atoms with E-state index in [4.69, 9.17) is 0 Å². The van der Waals surface area contributed by atoms with Crippen molar-refractivity contribution >= 4 is 11.8 Å². The Morgan fingerprint density at radius 1 is 1.38 bits per heavy atom. The van der Waals surface area contributed by atoms with Crippen LogP contribution in [0.25, 0.3) is 0 Å². The van der Waals surface area contributed by atoms with Gasteiger partial charge in [-0.15, -0.1) is 0 Å². The molecule has 13 heavy (non-hydrogen) atoms. The second-order valence-electron chi connectivity index (χ2n) is 2.03. The molecule has 0 radical (unpaired) electrons. The number of Topliss-reactive ketones (excluding diaryl/α,β-unsaturated/α-hetero) is 1. The van der Waals surface area contributed by atoms with Gasteiger partial charge >= 0.3 is 12.1 Å². The van der Waals surface area contributed by atoms with Crippen molar-refractivity contribution in [1.29, 1.82) is 0 Å². The third-order valence-corrected chi connectivity index (χ3v) is 1.05. The van der Waals surface area contributed by atoms with Crippen molar-refractivity contribution in [1.82, 2.24) is 0 Å². The maximum absolute atomic E-state index is 11.7. The predicted octanol–water partition coefficient (Wildman–Crippen LogP) is 1.24. The van der Waals surface area contributed by atoms with Crippen molar-refractivity contribution in [2.75, 3.05) is 6.61 Å². The van der Waals surface area contributed by atoms with Crippen molar-refractivity contribution in [2.45, 2.75) is 13.1 Å². The molecule has 0 saturated heterocycles. The SMILES string of the molecule is C=C(C(=O)OCC)C(=O)C(F)(F)F. The molecule has 0 heterocycles. The van der Waals surface area contributed by atoms with E-state index in [1.54, 1.807) is 0 Å². The van der Waals surface area contributed by atoms with E-state index in [2.05, 4.69) is 11.3 Å². The molecule has 0 saturated carbocycles. The minimum absolute atomic E-state index is 0.108. The van der Waals surface area contributed by atoms with Gasteiger partial charge in [0.05, 0.1) is 6.61 Å². The number of ketones is 1. The van der Waals surface area contributed by atoms with Crippen LogP contribution in [0.15, 0.2) is 12.2 Å². The summed E-state index contributed by atoms with van der Waals surface area (Å²) in [6, 6.07) is 0. The molecule has 0 amide bonds. The standard InChI is InChI=1S/C7H7F3O3/c1-3-13-6(12)4(2)5(11)7(8,9)10/h2-3H2,1H3. The lowest BCUT2D eigenvalue weighted by molar-refractivity contribution is -0.168. The van der Waals surface area contributed by atoms with Gasteiger partial charge in [-0.1, -0.05) is 6.58 Å². The molecule has 0 aliphatic heterocycles. The summed E-state index contributed by atoms with van der Waals surface area (Å²) in [4.78, 5) is 20.9. The van der Waals surface area contributed by atoms with Crippen LogP contribution in [0.2, 0.25) is 0 Å². The Bertz CT molecular complexity index is 242.